The maximum Gasteiger partial charge on any atom is 0.192 e. The lowest BCUT2D eigenvalue weighted by Gasteiger charge is -2.33. The van der Waals surface area contributed by atoms with Crippen LogP contribution in [0.25, 0.3) is 0 Å². The smallest absolute Gasteiger partial charge is 0.192 e. The van der Waals surface area contributed by atoms with Crippen LogP contribution in [-0.2, 0) is 5.54 Å². The van der Waals surface area contributed by atoms with E-state index in [0.29, 0.717) is 5.76 Å². The average Bonchev–Trinajstić information content (AvgIpc) is 3.33. The van der Waals surface area contributed by atoms with Crippen LogP contribution in [0.5, 0.6) is 0 Å². The molecule has 1 unspecified atom stereocenters. The zero-order valence-corrected chi connectivity index (χ0v) is 15.0. The SMILES string of the molecule is Fc1ccc(C(c2ccc(I)cc2)(c2cnno2)n2ccnc2)cc1. The molecule has 0 amide bonds. The van der Waals surface area contributed by atoms with Crippen molar-refractivity contribution in [1.82, 2.24) is 19.9 Å². The van der Waals surface area contributed by atoms with Gasteiger partial charge in [-0.15, -0.1) is 5.10 Å². The van der Waals surface area contributed by atoms with Crippen LogP contribution in [-0.4, -0.2) is 19.9 Å². The molecular formula is C18H12FIN4O. The summed E-state index contributed by atoms with van der Waals surface area (Å²) >= 11 is 2.25. The summed E-state index contributed by atoms with van der Waals surface area (Å²) in [6, 6.07) is 14.4. The van der Waals surface area contributed by atoms with Gasteiger partial charge in [-0.2, -0.15) is 0 Å². The van der Waals surface area contributed by atoms with E-state index in [1.807, 2.05) is 35.0 Å². The first-order chi connectivity index (χ1) is 12.2. The molecule has 124 valence electrons. The molecule has 5 nitrogen and oxygen atoms in total. The van der Waals surface area contributed by atoms with Gasteiger partial charge in [-0.25, -0.2) is 9.37 Å². The summed E-state index contributed by atoms with van der Waals surface area (Å²) in [5.74, 6) is 0.208. The van der Waals surface area contributed by atoms with E-state index < -0.39 is 5.54 Å². The summed E-state index contributed by atoms with van der Waals surface area (Å²) in [5.41, 5.74) is 0.848. The molecule has 0 bridgehead atoms. The third kappa shape index (κ3) is 2.64. The second-order valence-electron chi connectivity index (χ2n) is 5.48. The number of imidazole rings is 1. The Morgan fingerprint density at radius 2 is 1.68 bits per heavy atom. The number of halogens is 2. The normalized spacial score (nSPS) is 13.5. The van der Waals surface area contributed by atoms with Crippen molar-refractivity contribution in [2.24, 2.45) is 0 Å². The molecule has 2 heterocycles. The van der Waals surface area contributed by atoms with Crippen molar-refractivity contribution in [3.05, 3.63) is 99.7 Å². The van der Waals surface area contributed by atoms with Gasteiger partial charge in [0.1, 0.15) is 5.82 Å². The van der Waals surface area contributed by atoms with Crippen molar-refractivity contribution < 1.29 is 8.91 Å². The maximum absolute atomic E-state index is 13.5. The second-order valence-corrected chi connectivity index (χ2v) is 6.72. The molecule has 2 aromatic heterocycles. The zero-order chi connectivity index (χ0) is 17.3. The third-order valence-electron chi connectivity index (χ3n) is 4.13. The highest BCUT2D eigenvalue weighted by atomic mass is 127. The number of benzene rings is 2. The average molecular weight is 446 g/mol. The predicted octanol–water partition coefficient (Wildman–Crippen LogP) is 3.85. The minimum absolute atomic E-state index is 0.304. The van der Waals surface area contributed by atoms with Crippen LogP contribution < -0.4 is 0 Å². The highest BCUT2D eigenvalue weighted by Gasteiger charge is 2.42. The third-order valence-corrected chi connectivity index (χ3v) is 4.85. The van der Waals surface area contributed by atoms with Gasteiger partial charge in [0.05, 0.1) is 12.5 Å². The summed E-state index contributed by atoms with van der Waals surface area (Å²) in [7, 11) is 0. The number of hydrogen-bond donors (Lipinski definition) is 0. The van der Waals surface area contributed by atoms with E-state index in [2.05, 4.69) is 37.9 Å². The first-order valence-corrected chi connectivity index (χ1v) is 8.57. The molecule has 0 radical (unpaired) electrons. The molecule has 0 saturated heterocycles. The molecular weight excluding hydrogens is 434 g/mol. The quantitative estimate of drug-likeness (QED) is 0.447. The molecule has 0 spiro atoms. The van der Waals surface area contributed by atoms with Crippen molar-refractivity contribution in [3.63, 3.8) is 0 Å². The number of nitrogens with zero attached hydrogens (tertiary/aromatic N) is 4. The van der Waals surface area contributed by atoms with Crippen LogP contribution in [0, 0.1) is 9.39 Å². The van der Waals surface area contributed by atoms with Gasteiger partial charge in [-0.05, 0) is 58.0 Å². The lowest BCUT2D eigenvalue weighted by Crippen LogP contribution is -2.36. The van der Waals surface area contributed by atoms with Crippen LogP contribution in [0.2, 0.25) is 0 Å². The van der Waals surface area contributed by atoms with Crippen molar-refractivity contribution >= 4 is 22.6 Å². The van der Waals surface area contributed by atoms with Gasteiger partial charge in [0.15, 0.2) is 11.3 Å². The fourth-order valence-electron chi connectivity index (χ4n) is 3.04. The molecule has 0 fully saturated rings. The summed E-state index contributed by atoms with van der Waals surface area (Å²) in [5, 5.41) is 7.51. The predicted molar refractivity (Wildman–Crippen MR) is 97.4 cm³/mol. The molecule has 0 saturated carbocycles. The lowest BCUT2D eigenvalue weighted by molar-refractivity contribution is 0.307. The second kappa shape index (κ2) is 6.40. The fraction of sp³-hybridized carbons (Fsp3) is 0.0556. The Bertz CT molecular complexity index is 870. The first kappa shape index (κ1) is 15.9. The topological polar surface area (TPSA) is 56.7 Å². The monoisotopic (exact) mass is 446 g/mol. The minimum Gasteiger partial charge on any atom is -0.339 e. The minimum atomic E-state index is -0.891. The van der Waals surface area contributed by atoms with Crippen LogP contribution in [0.4, 0.5) is 4.39 Å². The Hall–Kier alpha value is -2.55. The Balaban J connectivity index is 2.08. The van der Waals surface area contributed by atoms with E-state index in [4.69, 9.17) is 4.52 Å². The standard InChI is InChI=1S/C18H12FIN4O/c19-15-5-1-13(2-6-15)18(17-11-22-23-25-17,24-10-9-21-12-24)14-3-7-16(20)8-4-14/h1-12H. The number of aromatic nitrogens is 4. The molecule has 0 N–H and O–H groups in total. The van der Waals surface area contributed by atoms with Crippen LogP contribution in [0.1, 0.15) is 16.9 Å². The molecule has 25 heavy (non-hydrogen) atoms. The number of hydrogen-bond acceptors (Lipinski definition) is 4. The van der Waals surface area contributed by atoms with Gasteiger partial charge >= 0.3 is 0 Å². The summed E-state index contributed by atoms with van der Waals surface area (Å²) in [4.78, 5) is 4.19. The van der Waals surface area contributed by atoms with E-state index in [0.717, 1.165) is 14.7 Å². The van der Waals surface area contributed by atoms with Crippen LogP contribution in [0.3, 0.4) is 0 Å². The van der Waals surface area contributed by atoms with E-state index in [1.165, 1.54) is 12.1 Å². The van der Waals surface area contributed by atoms with Crippen molar-refractivity contribution in [3.8, 4) is 0 Å². The molecule has 0 aliphatic carbocycles. The molecule has 4 aromatic rings. The van der Waals surface area contributed by atoms with Gasteiger partial charge in [0.2, 0.25) is 0 Å². The van der Waals surface area contributed by atoms with Gasteiger partial charge < -0.3 is 9.09 Å². The van der Waals surface area contributed by atoms with Crippen LogP contribution >= 0.6 is 22.6 Å². The lowest BCUT2D eigenvalue weighted by atomic mass is 9.80. The van der Waals surface area contributed by atoms with Crippen molar-refractivity contribution in [1.29, 1.82) is 0 Å². The summed E-state index contributed by atoms with van der Waals surface area (Å²) in [6.07, 6.45) is 6.80. The fourth-order valence-corrected chi connectivity index (χ4v) is 3.40. The molecule has 4 rings (SSSR count). The van der Waals surface area contributed by atoms with Crippen LogP contribution in [0.15, 0.2) is 78.0 Å². The largest absolute Gasteiger partial charge is 0.339 e. The van der Waals surface area contributed by atoms with E-state index in [9.17, 15) is 4.39 Å². The maximum atomic E-state index is 13.5. The summed E-state index contributed by atoms with van der Waals surface area (Å²) in [6.45, 7) is 0. The van der Waals surface area contributed by atoms with Gasteiger partial charge in [0, 0.05) is 21.2 Å². The molecule has 2 aromatic carbocycles. The molecule has 0 aliphatic rings. The van der Waals surface area contributed by atoms with Gasteiger partial charge in [-0.1, -0.05) is 24.3 Å². The molecule has 1 atom stereocenters. The molecule has 0 aliphatic heterocycles. The highest BCUT2D eigenvalue weighted by molar-refractivity contribution is 14.1. The number of rotatable bonds is 4. The van der Waals surface area contributed by atoms with E-state index in [1.54, 1.807) is 30.9 Å². The Morgan fingerprint density at radius 1 is 1.00 bits per heavy atom. The summed E-state index contributed by atoms with van der Waals surface area (Å²) < 4.78 is 22.0. The van der Waals surface area contributed by atoms with Gasteiger partial charge in [0.25, 0.3) is 0 Å². The Labute approximate surface area is 156 Å². The zero-order valence-electron chi connectivity index (χ0n) is 12.9. The Morgan fingerprint density at radius 3 is 2.24 bits per heavy atom. The van der Waals surface area contributed by atoms with Crippen molar-refractivity contribution in [2.45, 2.75) is 5.54 Å². The highest BCUT2D eigenvalue weighted by Crippen LogP contribution is 2.40. The van der Waals surface area contributed by atoms with Gasteiger partial charge in [-0.3, -0.25) is 0 Å². The van der Waals surface area contributed by atoms with E-state index in [-0.39, 0.29) is 5.82 Å². The van der Waals surface area contributed by atoms with Crippen molar-refractivity contribution in [2.75, 3.05) is 0 Å². The first-order valence-electron chi connectivity index (χ1n) is 7.49. The Kier molecular flexibility index (Phi) is 4.08. The van der Waals surface area contributed by atoms with E-state index >= 15 is 0 Å². The molecule has 7 heteroatoms.